The van der Waals surface area contributed by atoms with Gasteiger partial charge in [-0.25, -0.2) is 4.79 Å². The molecule has 0 radical (unpaired) electrons. The Bertz CT molecular complexity index is 1390. The van der Waals surface area contributed by atoms with Crippen LogP contribution in [0.2, 0.25) is 0 Å². The van der Waals surface area contributed by atoms with Gasteiger partial charge in [0.1, 0.15) is 5.00 Å². The van der Waals surface area contributed by atoms with E-state index in [9.17, 15) is 14.4 Å². The molecule has 1 aliphatic carbocycles. The van der Waals surface area contributed by atoms with Crippen LogP contribution in [0.5, 0.6) is 11.5 Å². The van der Waals surface area contributed by atoms with Crippen LogP contribution in [0.3, 0.4) is 0 Å². The lowest BCUT2D eigenvalue weighted by Crippen LogP contribution is -2.25. The Kier molecular flexibility index (Phi) is 9.12. The first-order valence-corrected chi connectivity index (χ1v) is 14.1. The first-order chi connectivity index (χ1) is 18.8. The topological polar surface area (TPSA) is 134 Å². The number of rotatable bonds is 11. The van der Waals surface area contributed by atoms with Gasteiger partial charge in [0.05, 0.1) is 38.2 Å². The highest BCUT2D eigenvalue weighted by Gasteiger charge is 2.29. The number of fused-ring (bicyclic) bond motifs is 1. The molecule has 2 N–H and O–H groups in total. The number of nitrogens with one attached hydrogen (secondary N) is 2. The fourth-order valence-electron chi connectivity index (χ4n) is 4.18. The molecule has 0 fully saturated rings. The highest BCUT2D eigenvalue weighted by molar-refractivity contribution is 8.00. The maximum absolute atomic E-state index is 13.1. The highest BCUT2D eigenvalue weighted by Crippen LogP contribution is 2.40. The maximum atomic E-state index is 13.1. The Morgan fingerprint density at radius 2 is 1.92 bits per heavy atom. The lowest BCUT2D eigenvalue weighted by molar-refractivity contribution is -0.115. The zero-order valence-corrected chi connectivity index (χ0v) is 24.1. The van der Waals surface area contributed by atoms with E-state index in [1.54, 1.807) is 43.7 Å². The fraction of sp³-hybridized carbons (Fsp3) is 0.423. The van der Waals surface area contributed by atoms with Gasteiger partial charge in [0.15, 0.2) is 22.5 Å². The van der Waals surface area contributed by atoms with E-state index in [4.69, 9.17) is 14.2 Å². The number of nitrogens with zero attached hydrogens (tertiary/aromatic N) is 3. The number of benzene rings is 1. The number of aromatic nitrogens is 3. The minimum Gasteiger partial charge on any atom is -0.493 e. The van der Waals surface area contributed by atoms with Crippen LogP contribution in [0.1, 0.15) is 57.2 Å². The summed E-state index contributed by atoms with van der Waals surface area (Å²) in [6.07, 6.45) is 2.71. The predicted molar refractivity (Wildman–Crippen MR) is 148 cm³/mol. The second kappa shape index (κ2) is 12.5. The molecule has 11 nitrogen and oxygen atoms in total. The summed E-state index contributed by atoms with van der Waals surface area (Å²) < 4.78 is 17.4. The smallest absolute Gasteiger partial charge is 0.341 e. The maximum Gasteiger partial charge on any atom is 0.341 e. The summed E-state index contributed by atoms with van der Waals surface area (Å²) in [5, 5.41) is 14.6. The number of thioether (sulfide) groups is 1. The largest absolute Gasteiger partial charge is 0.493 e. The van der Waals surface area contributed by atoms with E-state index in [0.29, 0.717) is 38.6 Å². The molecule has 1 atom stereocenters. The molecule has 0 spiro atoms. The molecule has 3 aromatic rings. The Balaban J connectivity index is 1.38. The van der Waals surface area contributed by atoms with Gasteiger partial charge < -0.3 is 29.4 Å². The Labute approximate surface area is 234 Å². The van der Waals surface area contributed by atoms with Crippen LogP contribution in [0.25, 0.3) is 0 Å². The van der Waals surface area contributed by atoms with Crippen molar-refractivity contribution in [2.75, 3.05) is 26.1 Å². The zero-order valence-electron chi connectivity index (χ0n) is 22.5. The third-order valence-electron chi connectivity index (χ3n) is 6.27. The molecule has 0 aliphatic heterocycles. The predicted octanol–water partition coefficient (Wildman–Crippen LogP) is 3.61. The SMILES string of the molecule is CCOC(=O)c1c(NC(=O)C(C)Sc2nnc(CNC(=O)c3ccc(OC)c(OC)c3)n2C)sc2c1CCC2. The van der Waals surface area contributed by atoms with Crippen molar-refractivity contribution in [3.8, 4) is 11.5 Å². The van der Waals surface area contributed by atoms with Gasteiger partial charge in [-0.05, 0) is 56.9 Å². The quantitative estimate of drug-likeness (QED) is 0.261. The molecule has 1 aliphatic rings. The summed E-state index contributed by atoms with van der Waals surface area (Å²) in [4.78, 5) is 39.4. The second-order valence-corrected chi connectivity index (χ2v) is 11.2. The van der Waals surface area contributed by atoms with Crippen LogP contribution >= 0.6 is 23.1 Å². The molecule has 1 unspecified atom stereocenters. The van der Waals surface area contributed by atoms with E-state index in [-0.39, 0.29) is 25.0 Å². The van der Waals surface area contributed by atoms with Gasteiger partial charge in [-0.3, -0.25) is 9.59 Å². The molecule has 4 rings (SSSR count). The molecule has 0 bridgehead atoms. The lowest BCUT2D eigenvalue weighted by atomic mass is 10.1. The average Bonchev–Trinajstić information content (AvgIpc) is 3.61. The van der Waals surface area contributed by atoms with Crippen LogP contribution < -0.4 is 20.1 Å². The average molecular weight is 574 g/mol. The number of carbonyl (C=O) groups excluding carboxylic acids is 3. The van der Waals surface area contributed by atoms with E-state index < -0.39 is 11.2 Å². The molecular weight excluding hydrogens is 542 g/mol. The fourth-order valence-corrected chi connectivity index (χ4v) is 6.29. The Morgan fingerprint density at radius 1 is 1.15 bits per heavy atom. The molecule has 2 amide bonds. The molecule has 208 valence electrons. The standard InChI is InChI=1S/C26H31N5O6S2/c1-6-37-25(34)21-16-8-7-9-19(16)39-24(21)28-22(32)14(2)38-26-30-29-20(31(26)3)13-27-23(33)15-10-11-17(35-4)18(12-15)36-5/h10-12,14H,6-9,13H2,1-5H3,(H,27,33)(H,28,32). The van der Waals surface area contributed by atoms with E-state index in [1.807, 2.05) is 0 Å². The number of hydrogen-bond donors (Lipinski definition) is 2. The summed E-state index contributed by atoms with van der Waals surface area (Å²) in [5.74, 6) is 0.551. The first kappa shape index (κ1) is 28.4. The number of ether oxygens (including phenoxy) is 3. The molecule has 39 heavy (non-hydrogen) atoms. The summed E-state index contributed by atoms with van der Waals surface area (Å²) >= 11 is 2.68. The van der Waals surface area contributed by atoms with Crippen molar-refractivity contribution >= 4 is 45.9 Å². The van der Waals surface area contributed by atoms with Crippen molar-refractivity contribution in [2.24, 2.45) is 7.05 Å². The van der Waals surface area contributed by atoms with Crippen molar-refractivity contribution in [3.05, 3.63) is 45.6 Å². The van der Waals surface area contributed by atoms with Gasteiger partial charge in [0, 0.05) is 17.5 Å². The normalized spacial score (nSPS) is 12.9. The first-order valence-electron chi connectivity index (χ1n) is 12.4. The number of aryl methyl sites for hydroxylation is 1. The molecule has 0 saturated heterocycles. The summed E-state index contributed by atoms with van der Waals surface area (Å²) in [7, 11) is 4.80. The van der Waals surface area contributed by atoms with Crippen LogP contribution in [0, 0.1) is 0 Å². The molecular formula is C26H31N5O6S2. The number of esters is 1. The van der Waals surface area contributed by atoms with Crippen LogP contribution in [0.15, 0.2) is 23.4 Å². The van der Waals surface area contributed by atoms with E-state index in [1.165, 1.54) is 37.3 Å². The van der Waals surface area contributed by atoms with Gasteiger partial charge in [0.25, 0.3) is 5.91 Å². The molecule has 2 aromatic heterocycles. The number of methoxy groups -OCH3 is 2. The zero-order chi connectivity index (χ0) is 28.1. The van der Waals surface area contributed by atoms with Crippen molar-refractivity contribution in [1.29, 1.82) is 0 Å². The van der Waals surface area contributed by atoms with Crippen molar-refractivity contribution in [1.82, 2.24) is 20.1 Å². The minimum absolute atomic E-state index is 0.140. The van der Waals surface area contributed by atoms with Crippen molar-refractivity contribution in [3.63, 3.8) is 0 Å². The molecule has 0 saturated carbocycles. The summed E-state index contributed by atoms with van der Waals surface area (Å²) in [6.45, 7) is 3.94. The lowest BCUT2D eigenvalue weighted by Gasteiger charge is -2.13. The van der Waals surface area contributed by atoms with Crippen LogP contribution in [0.4, 0.5) is 5.00 Å². The van der Waals surface area contributed by atoms with Crippen LogP contribution in [-0.4, -0.2) is 58.6 Å². The number of hydrogen-bond acceptors (Lipinski definition) is 10. The molecule has 13 heteroatoms. The number of carbonyl (C=O) groups is 3. The van der Waals surface area contributed by atoms with E-state index >= 15 is 0 Å². The van der Waals surface area contributed by atoms with Crippen molar-refractivity contribution in [2.45, 2.75) is 50.1 Å². The highest BCUT2D eigenvalue weighted by atomic mass is 32.2. The van der Waals surface area contributed by atoms with E-state index in [2.05, 4.69) is 20.8 Å². The third kappa shape index (κ3) is 6.19. The summed E-state index contributed by atoms with van der Waals surface area (Å²) in [5.41, 5.74) is 1.88. The van der Waals surface area contributed by atoms with Gasteiger partial charge in [-0.2, -0.15) is 0 Å². The van der Waals surface area contributed by atoms with Gasteiger partial charge in [-0.1, -0.05) is 11.8 Å². The van der Waals surface area contributed by atoms with Crippen LogP contribution in [-0.2, 0) is 36.0 Å². The second-order valence-electron chi connectivity index (χ2n) is 8.74. The Hall–Kier alpha value is -3.58. The summed E-state index contributed by atoms with van der Waals surface area (Å²) in [6, 6.07) is 4.91. The third-order valence-corrected chi connectivity index (χ3v) is 8.61. The monoisotopic (exact) mass is 573 g/mol. The van der Waals surface area contributed by atoms with Gasteiger partial charge in [0.2, 0.25) is 5.91 Å². The van der Waals surface area contributed by atoms with Gasteiger partial charge in [-0.15, -0.1) is 21.5 Å². The molecule has 2 heterocycles. The Morgan fingerprint density at radius 3 is 2.64 bits per heavy atom. The number of amides is 2. The number of anilines is 1. The van der Waals surface area contributed by atoms with Crippen molar-refractivity contribution < 1.29 is 28.6 Å². The molecule has 1 aromatic carbocycles. The minimum atomic E-state index is -0.519. The number of thiophene rings is 1. The van der Waals surface area contributed by atoms with E-state index in [0.717, 1.165) is 29.7 Å². The van der Waals surface area contributed by atoms with Gasteiger partial charge >= 0.3 is 5.97 Å².